The highest BCUT2D eigenvalue weighted by molar-refractivity contribution is 6.28. The van der Waals surface area contributed by atoms with E-state index >= 15 is 0 Å². The first-order chi connectivity index (χ1) is 14.3. The molecule has 0 saturated heterocycles. The summed E-state index contributed by atoms with van der Waals surface area (Å²) in [4.78, 5) is 24.3. The summed E-state index contributed by atoms with van der Waals surface area (Å²) < 4.78 is 0. The van der Waals surface area contributed by atoms with Crippen LogP contribution in [-0.2, 0) is 0 Å². The fourth-order valence-electron chi connectivity index (χ4n) is 3.10. The number of halogens is 2. The minimum Gasteiger partial charge on any atom is -0.357 e. The Morgan fingerprint density at radius 2 is 1.00 bits per heavy atom. The maximum absolute atomic E-state index is 9.84. The van der Waals surface area contributed by atoms with Crippen LogP contribution in [0.5, 0.6) is 0 Å². The van der Waals surface area contributed by atoms with Crippen molar-refractivity contribution in [3.8, 4) is 12.1 Å². The van der Waals surface area contributed by atoms with Crippen molar-refractivity contribution in [3.05, 3.63) is 10.6 Å². The summed E-state index contributed by atoms with van der Waals surface area (Å²) in [7, 11) is 3.30. The first-order valence-corrected chi connectivity index (χ1v) is 9.68. The SMILES string of the molecule is CNc1nc(Cl)nc(NC2(C#N)CCC(C#N)(Nc3nc(Cl)nc(NC)n3)CC2)n1. The first-order valence-electron chi connectivity index (χ1n) is 8.92. The van der Waals surface area contributed by atoms with Crippen LogP contribution in [0.1, 0.15) is 25.7 Å². The van der Waals surface area contributed by atoms with Gasteiger partial charge in [-0.05, 0) is 48.9 Å². The van der Waals surface area contributed by atoms with Crippen molar-refractivity contribution in [2.45, 2.75) is 36.8 Å². The highest BCUT2D eigenvalue weighted by Crippen LogP contribution is 2.38. The molecule has 12 nitrogen and oxygen atoms in total. The first kappa shape index (κ1) is 21.5. The summed E-state index contributed by atoms with van der Waals surface area (Å²) in [5.41, 5.74) is -1.94. The molecular weight excluding hydrogens is 431 g/mol. The van der Waals surface area contributed by atoms with Gasteiger partial charge in [0.15, 0.2) is 0 Å². The summed E-state index contributed by atoms with van der Waals surface area (Å²) in [5.74, 6) is 0.922. The van der Waals surface area contributed by atoms with Crippen molar-refractivity contribution in [2.75, 3.05) is 35.4 Å². The molecule has 0 bridgehead atoms. The zero-order valence-corrected chi connectivity index (χ0v) is 17.7. The third kappa shape index (κ3) is 4.67. The van der Waals surface area contributed by atoms with Gasteiger partial charge >= 0.3 is 0 Å². The van der Waals surface area contributed by atoms with Crippen LogP contribution < -0.4 is 21.3 Å². The van der Waals surface area contributed by atoms with Crippen molar-refractivity contribution >= 4 is 47.0 Å². The predicted molar refractivity (Wildman–Crippen MR) is 111 cm³/mol. The second-order valence-electron chi connectivity index (χ2n) is 6.64. The van der Waals surface area contributed by atoms with Crippen LogP contribution in [-0.4, -0.2) is 55.1 Å². The van der Waals surface area contributed by atoms with Gasteiger partial charge in [0.1, 0.15) is 11.1 Å². The molecule has 3 rings (SSSR count). The van der Waals surface area contributed by atoms with Crippen LogP contribution in [0.4, 0.5) is 23.8 Å². The number of aromatic nitrogens is 6. The Morgan fingerprint density at radius 3 is 1.30 bits per heavy atom. The molecule has 2 aromatic heterocycles. The van der Waals surface area contributed by atoms with Gasteiger partial charge in [-0.15, -0.1) is 0 Å². The topological polar surface area (TPSA) is 173 Å². The van der Waals surface area contributed by atoms with E-state index in [0.29, 0.717) is 25.7 Å². The number of hydrogen-bond donors (Lipinski definition) is 4. The van der Waals surface area contributed by atoms with Gasteiger partial charge in [-0.3, -0.25) is 0 Å². The Morgan fingerprint density at radius 1 is 0.667 bits per heavy atom. The van der Waals surface area contributed by atoms with E-state index in [0.717, 1.165) is 0 Å². The molecule has 4 N–H and O–H groups in total. The molecule has 0 amide bonds. The highest BCUT2D eigenvalue weighted by atomic mass is 35.5. The van der Waals surface area contributed by atoms with Crippen LogP contribution in [0, 0.1) is 22.7 Å². The van der Waals surface area contributed by atoms with Gasteiger partial charge in [0, 0.05) is 14.1 Å². The minimum absolute atomic E-state index is 0.000778. The Bertz CT molecular complexity index is 925. The molecule has 30 heavy (non-hydrogen) atoms. The zero-order valence-electron chi connectivity index (χ0n) is 16.2. The maximum atomic E-state index is 9.84. The van der Waals surface area contributed by atoms with E-state index in [-0.39, 0.29) is 34.4 Å². The molecular formula is C16H18Cl2N12. The second kappa shape index (κ2) is 8.65. The van der Waals surface area contributed by atoms with Crippen LogP contribution >= 0.6 is 23.2 Å². The Balaban J connectivity index is 1.78. The van der Waals surface area contributed by atoms with Crippen molar-refractivity contribution in [1.82, 2.24) is 29.9 Å². The Labute approximate surface area is 182 Å². The lowest BCUT2D eigenvalue weighted by molar-refractivity contribution is 0.319. The van der Waals surface area contributed by atoms with Crippen LogP contribution in [0.2, 0.25) is 10.6 Å². The van der Waals surface area contributed by atoms with Crippen molar-refractivity contribution < 1.29 is 0 Å². The summed E-state index contributed by atoms with van der Waals surface area (Å²) in [6, 6.07) is 4.58. The van der Waals surface area contributed by atoms with E-state index < -0.39 is 11.1 Å². The van der Waals surface area contributed by atoms with E-state index in [4.69, 9.17) is 23.2 Å². The van der Waals surface area contributed by atoms with E-state index in [1.54, 1.807) is 14.1 Å². The lowest BCUT2D eigenvalue weighted by atomic mass is 9.73. The molecule has 0 spiro atoms. The predicted octanol–water partition coefficient (Wildman–Crippen LogP) is 2.07. The molecule has 0 atom stereocenters. The molecule has 0 radical (unpaired) electrons. The van der Waals surface area contributed by atoms with E-state index in [2.05, 4.69) is 63.3 Å². The quantitative estimate of drug-likeness (QED) is 0.506. The number of hydrogen-bond acceptors (Lipinski definition) is 12. The van der Waals surface area contributed by atoms with Crippen molar-refractivity contribution in [3.63, 3.8) is 0 Å². The number of anilines is 4. The van der Waals surface area contributed by atoms with Gasteiger partial charge in [0.25, 0.3) is 0 Å². The highest BCUT2D eigenvalue weighted by Gasteiger charge is 2.44. The lowest BCUT2D eigenvalue weighted by Crippen LogP contribution is -2.50. The third-order valence-corrected chi connectivity index (χ3v) is 5.09. The van der Waals surface area contributed by atoms with Gasteiger partial charge in [-0.2, -0.15) is 40.4 Å². The van der Waals surface area contributed by atoms with Crippen molar-refractivity contribution in [2.24, 2.45) is 0 Å². The summed E-state index contributed by atoms with van der Waals surface area (Å²) >= 11 is 11.8. The van der Waals surface area contributed by atoms with Gasteiger partial charge in [-0.1, -0.05) is 0 Å². The molecule has 2 aromatic rings. The summed E-state index contributed by atoms with van der Waals surface area (Å²) in [6.07, 6.45) is 1.39. The molecule has 14 heteroatoms. The Hall–Kier alpha value is -3.22. The number of nitrogens with zero attached hydrogens (tertiary/aromatic N) is 8. The number of nitriles is 2. The monoisotopic (exact) mass is 448 g/mol. The second-order valence-corrected chi connectivity index (χ2v) is 7.32. The van der Waals surface area contributed by atoms with Crippen LogP contribution in [0.3, 0.4) is 0 Å². The maximum Gasteiger partial charge on any atom is 0.230 e. The van der Waals surface area contributed by atoms with Crippen molar-refractivity contribution in [1.29, 1.82) is 10.5 Å². The third-order valence-electron chi connectivity index (χ3n) is 4.75. The van der Waals surface area contributed by atoms with Gasteiger partial charge in [-0.25, -0.2) is 0 Å². The average Bonchev–Trinajstić information content (AvgIpc) is 2.74. The van der Waals surface area contributed by atoms with Gasteiger partial charge < -0.3 is 21.3 Å². The number of nitrogens with one attached hydrogen (secondary N) is 4. The molecule has 1 aliphatic rings. The number of rotatable bonds is 6. The standard InChI is InChI=1S/C16H18Cl2N12/c1-21-11-23-9(17)25-13(27-11)29-15(7-19)3-5-16(8-20,6-4-15)30-14-26-10(18)24-12(22-2)28-14/h3-6H2,1-2H3,(H2,21,23,25,27,29)(H2,22,24,26,28,30). The van der Waals surface area contributed by atoms with Gasteiger partial charge in [0.05, 0.1) is 12.1 Å². The average molecular weight is 449 g/mol. The van der Waals surface area contributed by atoms with E-state index in [1.165, 1.54) is 0 Å². The molecule has 2 heterocycles. The summed E-state index contributed by atoms with van der Waals surface area (Å²) in [5, 5.41) is 31.4. The summed E-state index contributed by atoms with van der Waals surface area (Å²) in [6.45, 7) is 0. The largest absolute Gasteiger partial charge is 0.357 e. The van der Waals surface area contributed by atoms with Crippen LogP contribution in [0.15, 0.2) is 0 Å². The molecule has 1 fully saturated rings. The fourth-order valence-corrected chi connectivity index (χ4v) is 3.42. The fraction of sp³-hybridized carbons (Fsp3) is 0.500. The zero-order chi connectivity index (χ0) is 21.8. The van der Waals surface area contributed by atoms with Gasteiger partial charge in [0.2, 0.25) is 34.4 Å². The molecule has 0 aromatic carbocycles. The molecule has 1 aliphatic carbocycles. The van der Waals surface area contributed by atoms with E-state index in [1.807, 2.05) is 0 Å². The minimum atomic E-state index is -0.968. The van der Waals surface area contributed by atoms with E-state index in [9.17, 15) is 10.5 Å². The molecule has 156 valence electrons. The Kier molecular flexibility index (Phi) is 6.20. The molecule has 1 saturated carbocycles. The molecule has 0 aliphatic heterocycles. The smallest absolute Gasteiger partial charge is 0.230 e. The normalized spacial score (nSPS) is 23.0. The lowest BCUT2D eigenvalue weighted by Gasteiger charge is -2.40. The molecule has 0 unspecified atom stereocenters. The van der Waals surface area contributed by atoms with Crippen LogP contribution in [0.25, 0.3) is 0 Å².